The van der Waals surface area contributed by atoms with Crippen LogP contribution in [0, 0.1) is 5.53 Å². The second-order valence-electron chi connectivity index (χ2n) is 0.765. The fraction of sp³-hybridized carbons (Fsp3) is 0.500. The molecule has 0 aliphatic rings. The molecule has 0 aromatic rings. The van der Waals surface area contributed by atoms with E-state index in [9.17, 15) is 4.79 Å². The van der Waals surface area contributed by atoms with Crippen LogP contribution >= 0.6 is 0 Å². The molecule has 0 amide bonds. The van der Waals surface area contributed by atoms with Gasteiger partial charge in [0.25, 0.3) is 4.91 Å². The topological polar surface area (TPSA) is 76.6 Å². The second-order valence-corrected chi connectivity index (χ2v) is 0.765. The van der Waals surface area contributed by atoms with Crippen LogP contribution in [-0.2, 0) is 9.63 Å². The van der Waals surface area contributed by atoms with Crippen LogP contribution in [0.25, 0.3) is 0 Å². The Kier molecular flexibility index (Phi) is 2.47. The smallest absolute Gasteiger partial charge is 0.254 e. The number of hydrogen-bond donors (Lipinski definition) is 1. The van der Waals surface area contributed by atoms with Gasteiger partial charge in [0.05, 0.1) is 0 Å². The summed E-state index contributed by atoms with van der Waals surface area (Å²) in [6, 6.07) is 0. The van der Waals surface area contributed by atoms with Gasteiger partial charge in [0.2, 0.25) is 0 Å². The molecule has 0 saturated carbocycles. The van der Waals surface area contributed by atoms with Gasteiger partial charge >= 0.3 is 11.2 Å². The maximum Gasteiger partial charge on any atom is 0.366 e. The van der Waals surface area contributed by atoms with Crippen molar-refractivity contribution in [3.8, 4) is 0 Å². The van der Waals surface area contributed by atoms with Gasteiger partial charge in [-0.2, -0.15) is 0 Å². The third-order valence-electron chi connectivity index (χ3n) is 0.210. The van der Waals surface area contributed by atoms with E-state index in [4.69, 9.17) is 5.53 Å². The zero-order chi connectivity index (χ0) is 5.70. The Balaban J connectivity index is 3.32. The summed E-state index contributed by atoms with van der Waals surface area (Å²) in [5, 5.41) is 2.61. The number of carbonyl (C=O) groups excluding carboxylic acids is 1. The predicted octanol–water partition coefficient (Wildman–Crippen LogP) is 0.0149. The summed E-state index contributed by atoms with van der Waals surface area (Å²) in [5.41, 5.74) is 5.98. The highest BCUT2D eigenvalue weighted by molar-refractivity contribution is 5.65. The van der Waals surface area contributed by atoms with Crippen molar-refractivity contribution in [2.24, 2.45) is 5.28 Å². The highest BCUT2D eigenvalue weighted by atomic mass is 16.7. The Labute approximate surface area is 39.5 Å². The summed E-state index contributed by atoms with van der Waals surface area (Å²) >= 11 is 0. The molecule has 0 spiro atoms. The second kappa shape index (κ2) is 2.99. The minimum atomic E-state index is -0.573. The summed E-state index contributed by atoms with van der Waals surface area (Å²) in [4.78, 5) is 16.0. The third-order valence-corrected chi connectivity index (χ3v) is 0.210. The van der Waals surface area contributed by atoms with Gasteiger partial charge in [-0.25, -0.2) is 4.79 Å². The molecule has 0 unspecified atom stereocenters. The molecule has 0 aromatic carbocycles. The van der Waals surface area contributed by atoms with Gasteiger partial charge in [0.15, 0.2) is 0 Å². The third kappa shape index (κ3) is 4.78. The van der Waals surface area contributed by atoms with Crippen LogP contribution in [0.2, 0.25) is 0 Å². The van der Waals surface area contributed by atoms with Gasteiger partial charge in [0, 0.05) is 6.92 Å². The van der Waals surface area contributed by atoms with Crippen LogP contribution in [-0.4, -0.2) is 5.97 Å². The molecule has 0 bridgehead atoms. The molecule has 7 heavy (non-hydrogen) atoms. The molecule has 0 atom stereocenters. The number of rotatable bonds is 1. The van der Waals surface area contributed by atoms with E-state index in [0.29, 0.717) is 0 Å². The zero-order valence-corrected chi connectivity index (χ0v) is 3.71. The molecule has 0 aromatic heterocycles. The number of hydrogen-bond acceptors (Lipinski definition) is 4. The standard InChI is InChI=1S/C2H4N3O2/c1-2(6)7-5-4-3/h3H,1H3/q+1. The van der Waals surface area contributed by atoms with Crippen molar-refractivity contribution in [2.45, 2.75) is 6.92 Å². The SMILES string of the molecule is CC(=O)ON=[N+]=N. The molecular weight excluding hydrogens is 98.0 g/mol. The van der Waals surface area contributed by atoms with Crippen molar-refractivity contribution in [1.29, 1.82) is 5.53 Å². The van der Waals surface area contributed by atoms with E-state index in [1.165, 1.54) is 6.92 Å². The van der Waals surface area contributed by atoms with Crippen LogP contribution in [0.15, 0.2) is 5.28 Å². The molecule has 0 radical (unpaired) electrons. The van der Waals surface area contributed by atoms with Gasteiger partial charge in [-0.15, -0.1) is 0 Å². The Morgan fingerprint density at radius 2 is 2.57 bits per heavy atom. The Morgan fingerprint density at radius 1 is 2.00 bits per heavy atom. The summed E-state index contributed by atoms with van der Waals surface area (Å²) < 4.78 is 0. The lowest BCUT2D eigenvalue weighted by molar-refractivity contribution is -0.142. The van der Waals surface area contributed by atoms with E-state index in [0.717, 1.165) is 0 Å². The molecule has 0 saturated heterocycles. The van der Waals surface area contributed by atoms with Gasteiger partial charge in [-0.1, -0.05) is 0 Å². The van der Waals surface area contributed by atoms with Crippen molar-refractivity contribution in [3.63, 3.8) is 0 Å². The van der Waals surface area contributed by atoms with Gasteiger partial charge in [-0.3, -0.25) is 4.84 Å². The Hall–Kier alpha value is -1.22. The van der Waals surface area contributed by atoms with E-state index in [1.54, 1.807) is 0 Å². The highest BCUT2D eigenvalue weighted by Crippen LogP contribution is 1.69. The molecular formula is C2H4N3O2+. The number of carbonyl (C=O) groups is 1. The Bertz CT molecular complexity index is 114. The van der Waals surface area contributed by atoms with Crippen molar-refractivity contribution in [2.75, 3.05) is 0 Å². The number of nitrogens with zero attached hydrogens (tertiary/aromatic N) is 2. The molecule has 0 rings (SSSR count). The molecule has 38 valence electrons. The van der Waals surface area contributed by atoms with Crippen LogP contribution < -0.4 is 4.91 Å². The lowest BCUT2D eigenvalue weighted by Crippen LogP contribution is -1.89. The van der Waals surface area contributed by atoms with Crippen molar-refractivity contribution >= 4 is 5.97 Å². The minimum Gasteiger partial charge on any atom is -0.254 e. The first-order valence-corrected chi connectivity index (χ1v) is 1.51. The van der Waals surface area contributed by atoms with Gasteiger partial charge < -0.3 is 0 Å². The summed E-state index contributed by atoms with van der Waals surface area (Å²) in [7, 11) is 0. The van der Waals surface area contributed by atoms with Gasteiger partial charge in [0.1, 0.15) is 5.53 Å². The monoisotopic (exact) mass is 102 g/mol. The molecule has 0 fully saturated rings. The quantitative estimate of drug-likeness (QED) is 0.287. The first-order valence-electron chi connectivity index (χ1n) is 1.51. The lowest BCUT2D eigenvalue weighted by atomic mass is 10.8. The summed E-state index contributed by atoms with van der Waals surface area (Å²) in [6.45, 7) is 1.18. The largest absolute Gasteiger partial charge is 0.366 e. The van der Waals surface area contributed by atoms with E-state index in [1.807, 2.05) is 0 Å². The minimum absolute atomic E-state index is 0.573. The molecule has 5 nitrogen and oxygen atoms in total. The van der Waals surface area contributed by atoms with E-state index < -0.39 is 5.97 Å². The van der Waals surface area contributed by atoms with E-state index in [-0.39, 0.29) is 0 Å². The van der Waals surface area contributed by atoms with Crippen molar-refractivity contribution in [1.82, 2.24) is 4.91 Å². The predicted molar refractivity (Wildman–Crippen MR) is 19.0 cm³/mol. The molecule has 1 N–H and O–H groups in total. The first-order chi connectivity index (χ1) is 3.27. The van der Waals surface area contributed by atoms with E-state index in [2.05, 4.69) is 15.0 Å². The van der Waals surface area contributed by atoms with Crippen molar-refractivity contribution < 1.29 is 9.63 Å². The average molecular weight is 102 g/mol. The summed E-state index contributed by atoms with van der Waals surface area (Å²) in [6.07, 6.45) is 0. The molecule has 0 aliphatic heterocycles. The summed E-state index contributed by atoms with van der Waals surface area (Å²) in [5.74, 6) is -0.573. The normalized spacial score (nSPS) is 6.43. The van der Waals surface area contributed by atoms with Gasteiger partial charge in [-0.05, 0) is 0 Å². The maximum atomic E-state index is 9.74. The van der Waals surface area contributed by atoms with Crippen LogP contribution in [0.1, 0.15) is 6.92 Å². The maximum absolute atomic E-state index is 9.74. The van der Waals surface area contributed by atoms with E-state index >= 15 is 0 Å². The zero-order valence-electron chi connectivity index (χ0n) is 3.71. The van der Waals surface area contributed by atoms with Crippen LogP contribution in [0.5, 0.6) is 0 Å². The fourth-order valence-electron chi connectivity index (χ4n) is 0.0779. The highest BCUT2D eigenvalue weighted by Gasteiger charge is 1.89. The van der Waals surface area contributed by atoms with Crippen LogP contribution in [0.4, 0.5) is 0 Å². The lowest BCUT2D eigenvalue weighted by Gasteiger charge is -1.70. The van der Waals surface area contributed by atoms with Crippen molar-refractivity contribution in [3.05, 3.63) is 0 Å². The van der Waals surface area contributed by atoms with Crippen LogP contribution in [0.3, 0.4) is 0 Å². The average Bonchev–Trinajstić information content (AvgIpc) is 1.61. The Morgan fingerprint density at radius 3 is 2.71 bits per heavy atom. The molecule has 0 aliphatic carbocycles. The number of nitrogens with one attached hydrogen (secondary N) is 1. The molecule has 0 heterocycles. The fourth-order valence-corrected chi connectivity index (χ4v) is 0.0779. The first kappa shape index (κ1) is 5.78. The molecule has 5 heteroatoms.